The van der Waals surface area contributed by atoms with Crippen LogP contribution in [0.4, 0.5) is 5.82 Å². The highest BCUT2D eigenvalue weighted by Gasteiger charge is 2.11. The van der Waals surface area contributed by atoms with Crippen LogP contribution in [0, 0.1) is 0 Å². The first-order valence-corrected chi connectivity index (χ1v) is 5.66. The lowest BCUT2D eigenvalue weighted by Gasteiger charge is -2.19. The van der Waals surface area contributed by atoms with Gasteiger partial charge >= 0.3 is 0 Å². The lowest BCUT2D eigenvalue weighted by atomic mass is 10.3. The van der Waals surface area contributed by atoms with Crippen LogP contribution in [-0.2, 0) is 11.3 Å². The lowest BCUT2D eigenvalue weighted by Crippen LogP contribution is -2.36. The zero-order valence-electron chi connectivity index (χ0n) is 10.3. The molecular weight excluding hydrogens is 218 g/mol. The van der Waals surface area contributed by atoms with Gasteiger partial charge in [0.1, 0.15) is 0 Å². The Morgan fingerprint density at radius 2 is 2.18 bits per heavy atom. The van der Waals surface area contributed by atoms with E-state index in [0.717, 1.165) is 6.42 Å². The molecular formula is C11H19N5O. The molecule has 0 aromatic carbocycles. The zero-order chi connectivity index (χ0) is 12.7. The fraction of sp³-hybridized carbons (Fsp3) is 0.545. The minimum Gasteiger partial charge on any atom is -0.355 e. The second-order valence-corrected chi connectivity index (χ2v) is 3.74. The van der Waals surface area contributed by atoms with E-state index in [-0.39, 0.29) is 12.5 Å². The molecule has 0 saturated heterocycles. The summed E-state index contributed by atoms with van der Waals surface area (Å²) in [7, 11) is 1.80. The maximum Gasteiger partial charge on any atom is 0.239 e. The summed E-state index contributed by atoms with van der Waals surface area (Å²) in [6.45, 7) is 3.27. The molecule has 0 radical (unpaired) electrons. The summed E-state index contributed by atoms with van der Waals surface area (Å²) < 4.78 is 0. The highest BCUT2D eigenvalue weighted by Crippen LogP contribution is 2.11. The molecule has 6 nitrogen and oxygen atoms in total. The van der Waals surface area contributed by atoms with Gasteiger partial charge in [0.2, 0.25) is 5.91 Å². The standard InChI is InChI=1S/C11H19N5O/c1-3-4-14-10(17)8-16(2)11-9(7-12)13-5-6-15-11/h5-6H,3-4,7-8,12H2,1-2H3,(H,14,17). The van der Waals surface area contributed by atoms with Gasteiger partial charge in [0.15, 0.2) is 5.82 Å². The Kier molecular flexibility index (Phi) is 5.35. The molecule has 3 N–H and O–H groups in total. The number of hydrogen-bond acceptors (Lipinski definition) is 5. The third-order valence-electron chi connectivity index (χ3n) is 2.26. The summed E-state index contributed by atoms with van der Waals surface area (Å²) in [5, 5.41) is 2.81. The number of likely N-dealkylation sites (N-methyl/N-ethyl adjacent to an activating group) is 1. The van der Waals surface area contributed by atoms with Gasteiger partial charge in [-0.1, -0.05) is 6.92 Å². The van der Waals surface area contributed by atoms with E-state index in [4.69, 9.17) is 5.73 Å². The monoisotopic (exact) mass is 237 g/mol. The van der Waals surface area contributed by atoms with E-state index in [2.05, 4.69) is 15.3 Å². The van der Waals surface area contributed by atoms with Gasteiger partial charge in [-0.15, -0.1) is 0 Å². The number of hydrogen-bond donors (Lipinski definition) is 2. The molecule has 1 aromatic heterocycles. The van der Waals surface area contributed by atoms with Crippen LogP contribution in [-0.4, -0.2) is 36.0 Å². The topological polar surface area (TPSA) is 84.1 Å². The predicted octanol–water partition coefficient (Wildman–Crippen LogP) is -0.102. The third-order valence-corrected chi connectivity index (χ3v) is 2.26. The Balaban J connectivity index is 2.62. The maximum atomic E-state index is 11.6. The fourth-order valence-electron chi connectivity index (χ4n) is 1.43. The highest BCUT2D eigenvalue weighted by atomic mass is 16.2. The van der Waals surface area contributed by atoms with Crippen molar-refractivity contribution in [1.29, 1.82) is 0 Å². The number of rotatable bonds is 6. The van der Waals surface area contributed by atoms with Gasteiger partial charge in [0.25, 0.3) is 0 Å². The minimum absolute atomic E-state index is 0.0250. The van der Waals surface area contributed by atoms with Gasteiger partial charge in [-0.2, -0.15) is 0 Å². The molecule has 1 aromatic rings. The molecule has 1 heterocycles. The minimum atomic E-state index is -0.0250. The SMILES string of the molecule is CCCNC(=O)CN(C)c1nccnc1CN. The molecule has 0 spiro atoms. The molecule has 1 amide bonds. The molecule has 6 heteroatoms. The molecule has 0 saturated carbocycles. The van der Waals surface area contributed by atoms with Crippen molar-refractivity contribution in [3.63, 3.8) is 0 Å². The van der Waals surface area contributed by atoms with E-state index < -0.39 is 0 Å². The Hall–Kier alpha value is -1.69. The number of anilines is 1. The fourth-order valence-corrected chi connectivity index (χ4v) is 1.43. The molecule has 0 aliphatic heterocycles. The average Bonchev–Trinajstić information content (AvgIpc) is 2.36. The van der Waals surface area contributed by atoms with Crippen LogP contribution in [0.5, 0.6) is 0 Å². The summed E-state index contributed by atoms with van der Waals surface area (Å²) in [5.74, 6) is 0.629. The lowest BCUT2D eigenvalue weighted by molar-refractivity contribution is -0.119. The first kappa shape index (κ1) is 13.4. The number of amides is 1. The zero-order valence-corrected chi connectivity index (χ0v) is 10.3. The van der Waals surface area contributed by atoms with E-state index in [9.17, 15) is 4.79 Å². The smallest absolute Gasteiger partial charge is 0.239 e. The summed E-state index contributed by atoms with van der Waals surface area (Å²) >= 11 is 0. The molecule has 1 rings (SSSR count). The van der Waals surface area contributed by atoms with Crippen LogP contribution in [0.3, 0.4) is 0 Å². The first-order chi connectivity index (χ1) is 8.19. The van der Waals surface area contributed by atoms with Crippen molar-refractivity contribution in [3.05, 3.63) is 18.1 Å². The van der Waals surface area contributed by atoms with E-state index in [1.807, 2.05) is 6.92 Å². The van der Waals surface area contributed by atoms with E-state index >= 15 is 0 Å². The highest BCUT2D eigenvalue weighted by molar-refractivity contribution is 5.80. The normalized spacial score (nSPS) is 10.1. The van der Waals surface area contributed by atoms with Crippen LogP contribution in [0.15, 0.2) is 12.4 Å². The van der Waals surface area contributed by atoms with Gasteiger partial charge in [-0.25, -0.2) is 4.98 Å². The molecule has 0 atom stereocenters. The second kappa shape index (κ2) is 6.80. The third kappa shape index (κ3) is 3.99. The molecule has 17 heavy (non-hydrogen) atoms. The number of nitrogens with zero attached hydrogens (tertiary/aromatic N) is 3. The van der Waals surface area contributed by atoms with Crippen LogP contribution < -0.4 is 16.0 Å². The average molecular weight is 237 g/mol. The number of nitrogens with one attached hydrogen (secondary N) is 1. The molecule has 0 aliphatic carbocycles. The van der Waals surface area contributed by atoms with Crippen LogP contribution in [0.2, 0.25) is 0 Å². The summed E-state index contributed by atoms with van der Waals surface area (Å²) in [4.78, 5) is 21.6. The Labute approximate surface area is 101 Å². The van der Waals surface area contributed by atoms with Gasteiger partial charge in [-0.05, 0) is 6.42 Å². The van der Waals surface area contributed by atoms with Crippen molar-refractivity contribution in [2.24, 2.45) is 5.73 Å². The predicted molar refractivity (Wildman–Crippen MR) is 66.5 cm³/mol. The van der Waals surface area contributed by atoms with Gasteiger partial charge in [0, 0.05) is 32.5 Å². The van der Waals surface area contributed by atoms with Crippen molar-refractivity contribution in [2.75, 3.05) is 25.0 Å². The molecule has 0 fully saturated rings. The van der Waals surface area contributed by atoms with Gasteiger partial charge < -0.3 is 16.0 Å². The van der Waals surface area contributed by atoms with Crippen molar-refractivity contribution in [3.8, 4) is 0 Å². The van der Waals surface area contributed by atoms with Crippen molar-refractivity contribution in [1.82, 2.24) is 15.3 Å². The quantitative estimate of drug-likeness (QED) is 0.721. The number of nitrogens with two attached hydrogens (primary N) is 1. The maximum absolute atomic E-state index is 11.6. The molecule has 0 unspecified atom stereocenters. The van der Waals surface area contributed by atoms with Crippen molar-refractivity contribution in [2.45, 2.75) is 19.9 Å². The number of carbonyl (C=O) groups excluding carboxylic acids is 1. The number of aromatic nitrogens is 2. The molecule has 94 valence electrons. The van der Waals surface area contributed by atoms with Crippen LogP contribution in [0.1, 0.15) is 19.0 Å². The largest absolute Gasteiger partial charge is 0.355 e. The van der Waals surface area contributed by atoms with Crippen LogP contribution >= 0.6 is 0 Å². The van der Waals surface area contributed by atoms with E-state index in [1.165, 1.54) is 0 Å². The van der Waals surface area contributed by atoms with Crippen molar-refractivity contribution >= 4 is 11.7 Å². The van der Waals surface area contributed by atoms with Gasteiger partial charge in [0.05, 0.1) is 12.2 Å². The summed E-state index contributed by atoms with van der Waals surface area (Å²) in [6.07, 6.45) is 4.11. The summed E-state index contributed by atoms with van der Waals surface area (Å²) in [6, 6.07) is 0. The first-order valence-electron chi connectivity index (χ1n) is 5.66. The molecule has 0 bridgehead atoms. The van der Waals surface area contributed by atoms with Gasteiger partial charge in [-0.3, -0.25) is 9.78 Å². The van der Waals surface area contributed by atoms with E-state index in [0.29, 0.717) is 24.6 Å². The van der Waals surface area contributed by atoms with E-state index in [1.54, 1.807) is 24.3 Å². The van der Waals surface area contributed by atoms with Crippen molar-refractivity contribution < 1.29 is 4.79 Å². The Morgan fingerprint density at radius 3 is 2.82 bits per heavy atom. The second-order valence-electron chi connectivity index (χ2n) is 3.74. The Bertz CT molecular complexity index is 369. The van der Waals surface area contributed by atoms with Crippen LogP contribution in [0.25, 0.3) is 0 Å². The summed E-state index contributed by atoms with van der Waals surface area (Å²) in [5.41, 5.74) is 6.26. The Morgan fingerprint density at radius 1 is 1.47 bits per heavy atom. The molecule has 0 aliphatic rings. The number of carbonyl (C=O) groups is 1.